The highest BCUT2D eigenvalue weighted by atomic mass is 16.5. The molecule has 4 fully saturated rings. The predicted octanol–water partition coefficient (Wildman–Crippen LogP) is 12.3. The molecule has 1 spiro atoms. The van der Waals surface area contributed by atoms with Gasteiger partial charge in [-0.3, -0.25) is 0 Å². The molecule has 6 aromatic carbocycles. The Bertz CT molecular complexity index is 2090. The van der Waals surface area contributed by atoms with Crippen LogP contribution in [-0.2, 0) is 5.41 Å². The van der Waals surface area contributed by atoms with Crippen molar-refractivity contribution in [3.63, 3.8) is 0 Å². The van der Waals surface area contributed by atoms with E-state index in [0.29, 0.717) is 11.8 Å². The lowest BCUT2D eigenvalue weighted by Gasteiger charge is -2.63. The second-order valence-electron chi connectivity index (χ2n) is 14.6. The summed E-state index contributed by atoms with van der Waals surface area (Å²) in [6.07, 6.45) is 6.81. The van der Waals surface area contributed by atoms with Crippen molar-refractivity contribution in [2.45, 2.75) is 37.5 Å². The molecule has 4 bridgehead atoms. The van der Waals surface area contributed by atoms with E-state index in [4.69, 9.17) is 4.74 Å². The van der Waals surface area contributed by atoms with E-state index < -0.39 is 0 Å². The number of rotatable bonds is 5. The van der Waals surface area contributed by atoms with Gasteiger partial charge < -0.3 is 9.64 Å². The molecule has 5 aliphatic rings. The number of hydrogen-bond acceptors (Lipinski definition) is 2. The van der Waals surface area contributed by atoms with Crippen LogP contribution < -0.4 is 9.64 Å². The van der Waals surface area contributed by atoms with Crippen molar-refractivity contribution in [2.75, 3.05) is 4.90 Å². The zero-order valence-corrected chi connectivity index (χ0v) is 27.1. The van der Waals surface area contributed by atoms with Crippen LogP contribution in [0.5, 0.6) is 11.5 Å². The monoisotopic (exact) mass is 621 g/mol. The van der Waals surface area contributed by atoms with Crippen LogP contribution in [0.25, 0.3) is 22.3 Å². The fourth-order valence-electron chi connectivity index (χ4n) is 10.4. The third-order valence-corrected chi connectivity index (χ3v) is 12.1. The summed E-state index contributed by atoms with van der Waals surface area (Å²) in [5.41, 5.74) is 11.2. The van der Waals surface area contributed by atoms with Gasteiger partial charge in [-0.25, -0.2) is 0 Å². The van der Waals surface area contributed by atoms with Gasteiger partial charge in [0.2, 0.25) is 0 Å². The average molecular weight is 622 g/mol. The molecule has 0 unspecified atom stereocenters. The maximum Gasteiger partial charge on any atom is 0.131 e. The molecule has 234 valence electrons. The van der Waals surface area contributed by atoms with Crippen molar-refractivity contribution in [1.29, 1.82) is 0 Å². The topological polar surface area (TPSA) is 12.5 Å². The third-order valence-electron chi connectivity index (χ3n) is 12.1. The molecule has 4 aliphatic carbocycles. The standard InChI is InChI=1S/C46H39NO/c1-3-10-33(11-4-1)35-18-20-39(21-19-35)47(40-15-9-14-36(29-40)34-12-5-2-6-13-34)41-22-23-45-43(30-41)46(42-16-7-8-17-44(42)48-45)37-25-31-24-32(27-37)28-38(46)26-31/h1-23,29-32,37-38H,24-28H2. The first-order valence-electron chi connectivity index (χ1n) is 17.8. The Kier molecular flexibility index (Phi) is 6.41. The van der Waals surface area contributed by atoms with E-state index >= 15 is 0 Å². The lowest BCUT2D eigenvalue weighted by atomic mass is 9.42. The summed E-state index contributed by atoms with van der Waals surface area (Å²) >= 11 is 0. The molecule has 0 aromatic heterocycles. The summed E-state index contributed by atoms with van der Waals surface area (Å²) in [7, 11) is 0. The molecule has 4 saturated carbocycles. The van der Waals surface area contributed by atoms with E-state index in [1.54, 1.807) is 0 Å². The van der Waals surface area contributed by atoms with Gasteiger partial charge >= 0.3 is 0 Å². The Balaban J connectivity index is 1.15. The van der Waals surface area contributed by atoms with Crippen LogP contribution in [0.15, 0.2) is 152 Å². The van der Waals surface area contributed by atoms with Crippen LogP contribution in [0.1, 0.15) is 43.2 Å². The molecule has 0 radical (unpaired) electrons. The molecule has 6 aromatic rings. The van der Waals surface area contributed by atoms with Gasteiger partial charge in [-0.15, -0.1) is 0 Å². The number of anilines is 3. The Morgan fingerprint density at radius 1 is 0.417 bits per heavy atom. The molecular weight excluding hydrogens is 583 g/mol. The maximum absolute atomic E-state index is 6.78. The van der Waals surface area contributed by atoms with Gasteiger partial charge in [0.05, 0.1) is 0 Å². The Hall–Kier alpha value is -5.08. The number of hydrogen-bond donors (Lipinski definition) is 0. The van der Waals surface area contributed by atoms with Gasteiger partial charge in [0.25, 0.3) is 0 Å². The van der Waals surface area contributed by atoms with E-state index in [1.165, 1.54) is 71.2 Å². The first kappa shape index (κ1) is 28.0. The second-order valence-corrected chi connectivity index (χ2v) is 14.6. The molecule has 1 aliphatic heterocycles. The Labute approximate surface area is 283 Å². The van der Waals surface area contributed by atoms with Crippen molar-refractivity contribution < 1.29 is 4.74 Å². The number of benzene rings is 6. The molecule has 2 nitrogen and oxygen atoms in total. The number of para-hydroxylation sites is 1. The second kappa shape index (κ2) is 11.0. The summed E-state index contributed by atoms with van der Waals surface area (Å²) in [5, 5.41) is 0. The van der Waals surface area contributed by atoms with Crippen molar-refractivity contribution in [3.05, 3.63) is 163 Å². The fraction of sp³-hybridized carbons (Fsp3) is 0.217. The van der Waals surface area contributed by atoms with Crippen LogP contribution in [-0.4, -0.2) is 0 Å². The molecule has 1 heterocycles. The van der Waals surface area contributed by atoms with Gasteiger partial charge in [-0.2, -0.15) is 0 Å². The number of ether oxygens (including phenoxy) is 1. The Morgan fingerprint density at radius 3 is 1.67 bits per heavy atom. The van der Waals surface area contributed by atoms with Crippen molar-refractivity contribution in [2.24, 2.45) is 23.7 Å². The largest absolute Gasteiger partial charge is 0.457 e. The molecule has 0 amide bonds. The molecular formula is C46H39NO. The molecule has 2 heteroatoms. The highest BCUT2D eigenvalue weighted by molar-refractivity contribution is 5.82. The number of fused-ring (bicyclic) bond motifs is 2. The summed E-state index contributed by atoms with van der Waals surface area (Å²) < 4.78 is 6.78. The predicted molar refractivity (Wildman–Crippen MR) is 196 cm³/mol. The summed E-state index contributed by atoms with van der Waals surface area (Å²) in [5.74, 6) is 5.21. The normalized spacial score (nSPS) is 24.5. The summed E-state index contributed by atoms with van der Waals surface area (Å²) in [6.45, 7) is 0. The van der Waals surface area contributed by atoms with Gasteiger partial charge in [-0.1, -0.05) is 103 Å². The lowest BCUT2D eigenvalue weighted by molar-refractivity contribution is -0.0452. The van der Waals surface area contributed by atoms with E-state index in [1.807, 2.05) is 0 Å². The van der Waals surface area contributed by atoms with Crippen molar-refractivity contribution in [3.8, 4) is 33.8 Å². The lowest BCUT2D eigenvalue weighted by Crippen LogP contribution is -2.57. The van der Waals surface area contributed by atoms with E-state index in [9.17, 15) is 0 Å². The summed E-state index contributed by atoms with van der Waals surface area (Å²) in [6, 6.07) is 55.5. The van der Waals surface area contributed by atoms with Gasteiger partial charge in [0.1, 0.15) is 11.5 Å². The van der Waals surface area contributed by atoms with Crippen LogP contribution in [0.4, 0.5) is 17.1 Å². The minimum atomic E-state index is 0.00231. The zero-order chi connectivity index (χ0) is 31.7. The van der Waals surface area contributed by atoms with E-state index in [-0.39, 0.29) is 5.41 Å². The van der Waals surface area contributed by atoms with Crippen molar-refractivity contribution in [1.82, 2.24) is 0 Å². The smallest absolute Gasteiger partial charge is 0.131 e. The minimum absolute atomic E-state index is 0.00231. The fourth-order valence-corrected chi connectivity index (χ4v) is 10.4. The number of nitrogens with zero attached hydrogens (tertiary/aromatic N) is 1. The van der Waals surface area contributed by atoms with Gasteiger partial charge in [0.15, 0.2) is 0 Å². The molecule has 0 N–H and O–H groups in total. The minimum Gasteiger partial charge on any atom is -0.457 e. The van der Waals surface area contributed by atoms with Gasteiger partial charge in [0, 0.05) is 33.6 Å². The first-order valence-corrected chi connectivity index (χ1v) is 17.8. The quantitative estimate of drug-likeness (QED) is 0.190. The van der Waals surface area contributed by atoms with Crippen LogP contribution >= 0.6 is 0 Å². The maximum atomic E-state index is 6.78. The molecule has 11 rings (SSSR count). The molecule has 48 heavy (non-hydrogen) atoms. The highest BCUT2D eigenvalue weighted by Crippen LogP contribution is 2.69. The first-order chi connectivity index (χ1) is 23.7. The molecule has 0 atom stereocenters. The average Bonchev–Trinajstić information content (AvgIpc) is 3.14. The third kappa shape index (κ3) is 4.32. The van der Waals surface area contributed by atoms with Gasteiger partial charge in [-0.05, 0) is 127 Å². The van der Waals surface area contributed by atoms with Crippen molar-refractivity contribution >= 4 is 17.1 Å². The summed E-state index contributed by atoms with van der Waals surface area (Å²) in [4.78, 5) is 2.45. The van der Waals surface area contributed by atoms with Crippen LogP contribution in [0.2, 0.25) is 0 Å². The van der Waals surface area contributed by atoms with Crippen LogP contribution in [0, 0.1) is 23.7 Å². The molecule has 0 saturated heterocycles. The highest BCUT2D eigenvalue weighted by Gasteiger charge is 2.61. The van der Waals surface area contributed by atoms with Crippen LogP contribution in [0.3, 0.4) is 0 Å². The SMILES string of the molecule is c1ccc(-c2ccc(N(c3cccc(-c4ccccc4)c3)c3ccc4c(c3)C3(c5ccccc5O4)C4CC5CC(C4)CC3C5)cc2)cc1. The van der Waals surface area contributed by atoms with E-state index in [2.05, 4.69) is 157 Å². The Morgan fingerprint density at radius 2 is 0.958 bits per heavy atom. The zero-order valence-electron chi connectivity index (χ0n) is 27.1. The van der Waals surface area contributed by atoms with E-state index in [0.717, 1.165) is 34.7 Å².